The highest BCUT2D eigenvalue weighted by Gasteiger charge is 2.26. The number of amides is 2. The number of hydrogen-bond donors (Lipinski definition) is 2. The third kappa shape index (κ3) is 5.02. The van der Waals surface area contributed by atoms with Crippen LogP contribution in [0.25, 0.3) is 0 Å². The fourth-order valence-corrected chi connectivity index (χ4v) is 3.11. The van der Waals surface area contributed by atoms with Gasteiger partial charge in [0.2, 0.25) is 0 Å². The zero-order chi connectivity index (χ0) is 15.8. The number of carbonyl (C=O) groups is 1. The van der Waals surface area contributed by atoms with Crippen molar-refractivity contribution in [3.8, 4) is 0 Å². The maximum atomic E-state index is 12.4. The normalized spacial score (nSPS) is 19.7. The van der Waals surface area contributed by atoms with E-state index in [0.29, 0.717) is 6.42 Å². The Morgan fingerprint density at radius 2 is 2.14 bits per heavy atom. The molecule has 0 aliphatic carbocycles. The van der Waals surface area contributed by atoms with Crippen LogP contribution in [0.15, 0.2) is 30.3 Å². The molecule has 1 saturated heterocycles. The largest absolute Gasteiger partial charge is 0.396 e. The smallest absolute Gasteiger partial charge is 0.317 e. The third-order valence-corrected chi connectivity index (χ3v) is 4.43. The Morgan fingerprint density at radius 1 is 1.36 bits per heavy atom. The van der Waals surface area contributed by atoms with Gasteiger partial charge in [-0.15, -0.1) is 0 Å². The third-order valence-electron chi connectivity index (χ3n) is 4.43. The average molecular weight is 304 g/mol. The Bertz CT molecular complexity index is 448. The fraction of sp³-hybridized carbons (Fsp3) is 0.611. The quantitative estimate of drug-likeness (QED) is 0.849. The van der Waals surface area contributed by atoms with Gasteiger partial charge in [0.15, 0.2) is 0 Å². The van der Waals surface area contributed by atoms with Crippen LogP contribution in [0.4, 0.5) is 4.79 Å². The van der Waals surface area contributed by atoms with Crippen molar-refractivity contribution in [2.24, 2.45) is 0 Å². The van der Waals surface area contributed by atoms with Gasteiger partial charge >= 0.3 is 6.03 Å². The molecule has 1 aliphatic heterocycles. The second kappa shape index (κ2) is 8.79. The first-order valence-electron chi connectivity index (χ1n) is 8.42. The molecular weight excluding hydrogens is 276 g/mol. The van der Waals surface area contributed by atoms with Gasteiger partial charge in [0, 0.05) is 25.2 Å². The van der Waals surface area contributed by atoms with Crippen molar-refractivity contribution >= 4 is 6.03 Å². The maximum Gasteiger partial charge on any atom is 0.317 e. The number of aryl methyl sites for hydroxylation is 1. The number of piperidine rings is 1. The van der Waals surface area contributed by atoms with Gasteiger partial charge in [-0.2, -0.15) is 0 Å². The van der Waals surface area contributed by atoms with Crippen LogP contribution < -0.4 is 5.32 Å². The van der Waals surface area contributed by atoms with Gasteiger partial charge in [-0.25, -0.2) is 4.79 Å². The highest BCUT2D eigenvalue weighted by molar-refractivity contribution is 5.75. The minimum atomic E-state index is 0.0266. The maximum absolute atomic E-state index is 12.4. The van der Waals surface area contributed by atoms with E-state index >= 15 is 0 Å². The summed E-state index contributed by atoms with van der Waals surface area (Å²) >= 11 is 0. The minimum Gasteiger partial charge on any atom is -0.396 e. The number of aliphatic hydroxyl groups excluding tert-OH is 1. The zero-order valence-electron chi connectivity index (χ0n) is 13.5. The van der Waals surface area contributed by atoms with Crippen LogP contribution in [-0.2, 0) is 6.42 Å². The minimum absolute atomic E-state index is 0.0266. The summed E-state index contributed by atoms with van der Waals surface area (Å²) in [6.45, 7) is 3.02. The number of nitrogens with zero attached hydrogens (tertiary/aromatic N) is 1. The van der Waals surface area contributed by atoms with E-state index in [2.05, 4.69) is 24.4 Å². The van der Waals surface area contributed by atoms with Gasteiger partial charge < -0.3 is 15.3 Å². The molecule has 0 saturated carbocycles. The van der Waals surface area contributed by atoms with Crippen molar-refractivity contribution in [1.82, 2.24) is 10.2 Å². The molecule has 2 amide bonds. The van der Waals surface area contributed by atoms with Gasteiger partial charge in [-0.05, 0) is 51.0 Å². The van der Waals surface area contributed by atoms with E-state index in [4.69, 9.17) is 5.11 Å². The molecule has 1 aromatic carbocycles. The van der Waals surface area contributed by atoms with Crippen molar-refractivity contribution in [2.45, 2.75) is 57.5 Å². The van der Waals surface area contributed by atoms with Crippen molar-refractivity contribution < 1.29 is 9.90 Å². The monoisotopic (exact) mass is 304 g/mol. The molecule has 122 valence electrons. The molecule has 0 spiro atoms. The average Bonchev–Trinajstić information content (AvgIpc) is 2.55. The number of carbonyl (C=O) groups excluding carboxylic acids is 1. The standard InChI is InChI=1S/C18H28N2O2/c1-15(10-11-16-7-3-2-4-8-16)19-18(22)20-13-6-5-9-17(20)12-14-21/h2-4,7-8,15,17,21H,5-6,9-14H2,1H3,(H,19,22). The summed E-state index contributed by atoms with van der Waals surface area (Å²) in [5.41, 5.74) is 1.31. The first-order valence-corrected chi connectivity index (χ1v) is 8.42. The summed E-state index contributed by atoms with van der Waals surface area (Å²) in [4.78, 5) is 14.4. The zero-order valence-corrected chi connectivity index (χ0v) is 13.5. The lowest BCUT2D eigenvalue weighted by Crippen LogP contribution is -2.51. The van der Waals surface area contributed by atoms with E-state index in [1.54, 1.807) is 0 Å². The Kier molecular flexibility index (Phi) is 6.72. The Morgan fingerprint density at radius 3 is 2.86 bits per heavy atom. The number of nitrogens with one attached hydrogen (secondary N) is 1. The van der Waals surface area contributed by atoms with E-state index < -0.39 is 0 Å². The van der Waals surface area contributed by atoms with Crippen molar-refractivity contribution in [3.05, 3.63) is 35.9 Å². The topological polar surface area (TPSA) is 52.6 Å². The summed E-state index contributed by atoms with van der Waals surface area (Å²) in [7, 11) is 0. The van der Waals surface area contributed by atoms with Crippen LogP contribution in [0.5, 0.6) is 0 Å². The Balaban J connectivity index is 1.79. The molecule has 0 radical (unpaired) electrons. The first kappa shape index (κ1) is 16.8. The summed E-state index contributed by atoms with van der Waals surface area (Å²) in [6, 6.07) is 10.7. The molecule has 1 aliphatic rings. The van der Waals surface area contributed by atoms with E-state index in [1.165, 1.54) is 5.56 Å². The second-order valence-corrected chi connectivity index (χ2v) is 6.23. The summed E-state index contributed by atoms with van der Waals surface area (Å²) in [5, 5.41) is 12.3. The van der Waals surface area contributed by atoms with Crippen LogP contribution in [0.3, 0.4) is 0 Å². The van der Waals surface area contributed by atoms with E-state index in [0.717, 1.165) is 38.6 Å². The first-order chi connectivity index (χ1) is 10.7. The second-order valence-electron chi connectivity index (χ2n) is 6.23. The molecule has 4 heteroatoms. The van der Waals surface area contributed by atoms with Gasteiger partial charge in [0.05, 0.1) is 0 Å². The Hall–Kier alpha value is -1.55. The summed E-state index contributed by atoms with van der Waals surface area (Å²) < 4.78 is 0. The fourth-order valence-electron chi connectivity index (χ4n) is 3.11. The van der Waals surface area contributed by atoms with Gasteiger partial charge in [0.1, 0.15) is 0 Å². The number of rotatable bonds is 6. The SMILES string of the molecule is CC(CCc1ccccc1)NC(=O)N1CCCCC1CCO. The number of aliphatic hydroxyl groups is 1. The van der Waals surface area contributed by atoms with E-state index in [-0.39, 0.29) is 24.7 Å². The van der Waals surface area contributed by atoms with Crippen molar-refractivity contribution in [1.29, 1.82) is 0 Å². The summed E-state index contributed by atoms with van der Waals surface area (Å²) in [5.74, 6) is 0. The molecule has 4 nitrogen and oxygen atoms in total. The molecule has 1 fully saturated rings. The van der Waals surface area contributed by atoms with Crippen molar-refractivity contribution in [3.63, 3.8) is 0 Å². The summed E-state index contributed by atoms with van der Waals surface area (Å²) in [6.07, 6.45) is 5.82. The number of urea groups is 1. The number of benzene rings is 1. The molecule has 2 unspecified atom stereocenters. The molecule has 0 bridgehead atoms. The lowest BCUT2D eigenvalue weighted by atomic mass is 10.00. The molecular formula is C18H28N2O2. The van der Waals surface area contributed by atoms with Crippen molar-refractivity contribution in [2.75, 3.05) is 13.2 Å². The molecule has 22 heavy (non-hydrogen) atoms. The highest BCUT2D eigenvalue weighted by atomic mass is 16.3. The van der Waals surface area contributed by atoms with E-state index in [9.17, 15) is 4.79 Å². The molecule has 1 aromatic rings. The predicted octanol–water partition coefficient (Wildman–Crippen LogP) is 2.95. The van der Waals surface area contributed by atoms with Crippen LogP contribution >= 0.6 is 0 Å². The number of likely N-dealkylation sites (tertiary alicyclic amines) is 1. The van der Waals surface area contributed by atoms with Crippen LogP contribution in [0.2, 0.25) is 0 Å². The highest BCUT2D eigenvalue weighted by Crippen LogP contribution is 2.19. The Labute approximate surface area is 133 Å². The van der Waals surface area contributed by atoms with Crippen LogP contribution in [0, 0.1) is 0 Å². The molecule has 1 heterocycles. The predicted molar refractivity (Wildman–Crippen MR) is 88.8 cm³/mol. The van der Waals surface area contributed by atoms with E-state index in [1.807, 2.05) is 23.1 Å². The van der Waals surface area contributed by atoms with Gasteiger partial charge in [0.25, 0.3) is 0 Å². The molecule has 2 rings (SSSR count). The molecule has 2 N–H and O–H groups in total. The van der Waals surface area contributed by atoms with Crippen LogP contribution in [0.1, 0.15) is 44.6 Å². The van der Waals surface area contributed by atoms with Gasteiger partial charge in [-0.3, -0.25) is 0 Å². The lowest BCUT2D eigenvalue weighted by molar-refractivity contribution is 0.129. The van der Waals surface area contributed by atoms with Crippen LogP contribution in [-0.4, -0.2) is 41.3 Å². The lowest BCUT2D eigenvalue weighted by Gasteiger charge is -2.36. The number of hydrogen-bond acceptors (Lipinski definition) is 2. The molecule has 2 atom stereocenters. The molecule has 0 aromatic heterocycles. The van der Waals surface area contributed by atoms with Gasteiger partial charge in [-0.1, -0.05) is 30.3 Å².